The van der Waals surface area contributed by atoms with Crippen LogP contribution in [0.15, 0.2) is 6.20 Å². The van der Waals surface area contributed by atoms with Gasteiger partial charge in [-0.05, 0) is 39.8 Å². The van der Waals surface area contributed by atoms with Gasteiger partial charge < -0.3 is 25.0 Å². The lowest BCUT2D eigenvalue weighted by molar-refractivity contribution is -0.142. The Morgan fingerprint density at radius 1 is 1.38 bits per heavy atom. The van der Waals surface area contributed by atoms with Crippen molar-refractivity contribution >= 4 is 17.7 Å². The van der Waals surface area contributed by atoms with E-state index in [1.54, 1.807) is 20.0 Å². The zero-order valence-electron chi connectivity index (χ0n) is 15.9. The van der Waals surface area contributed by atoms with Gasteiger partial charge in [0.1, 0.15) is 5.82 Å². The van der Waals surface area contributed by atoms with Gasteiger partial charge in [-0.2, -0.15) is 4.98 Å². The number of ether oxygens (including phenoxy) is 1. The minimum atomic E-state index is -1.06. The zero-order valence-corrected chi connectivity index (χ0v) is 15.9. The Kier molecular flexibility index (Phi) is 5.62. The number of aliphatic carboxylic acids is 1. The topological polar surface area (TPSA) is 90.8 Å². The second-order valence-corrected chi connectivity index (χ2v) is 7.76. The summed E-state index contributed by atoms with van der Waals surface area (Å²) in [4.78, 5) is 25.3. The SMILES string of the molecule is CN1CCC(CNc2ncc(C(C)(C)C(=O)O)c(N3CCOCC3)n2)C1. The van der Waals surface area contributed by atoms with Gasteiger partial charge in [0.2, 0.25) is 5.95 Å². The number of aromatic nitrogens is 2. The number of rotatable bonds is 6. The molecule has 0 radical (unpaired) electrons. The van der Waals surface area contributed by atoms with E-state index in [-0.39, 0.29) is 0 Å². The van der Waals surface area contributed by atoms with E-state index in [0.717, 1.165) is 19.6 Å². The number of hydrogen-bond donors (Lipinski definition) is 2. The van der Waals surface area contributed by atoms with Crippen LogP contribution in [0.2, 0.25) is 0 Å². The normalized spacial score (nSPS) is 21.8. The van der Waals surface area contributed by atoms with Gasteiger partial charge in [0.25, 0.3) is 0 Å². The summed E-state index contributed by atoms with van der Waals surface area (Å²) < 4.78 is 5.43. The molecule has 144 valence electrons. The number of hydrogen-bond acceptors (Lipinski definition) is 7. The van der Waals surface area contributed by atoms with E-state index in [0.29, 0.717) is 49.6 Å². The number of nitrogens with zero attached hydrogens (tertiary/aromatic N) is 4. The fourth-order valence-electron chi connectivity index (χ4n) is 3.46. The highest BCUT2D eigenvalue weighted by Gasteiger charge is 2.35. The molecule has 2 aliphatic heterocycles. The van der Waals surface area contributed by atoms with Crippen LogP contribution < -0.4 is 10.2 Å². The van der Waals surface area contributed by atoms with E-state index in [1.165, 1.54) is 6.42 Å². The molecule has 0 spiro atoms. The molecule has 2 aliphatic rings. The summed E-state index contributed by atoms with van der Waals surface area (Å²) in [5.74, 6) is 0.962. The van der Waals surface area contributed by atoms with Crippen molar-refractivity contribution < 1.29 is 14.6 Å². The number of carbonyl (C=O) groups is 1. The number of morpholine rings is 1. The summed E-state index contributed by atoms with van der Waals surface area (Å²) in [6.07, 6.45) is 2.83. The van der Waals surface area contributed by atoms with E-state index in [2.05, 4.69) is 27.1 Å². The van der Waals surface area contributed by atoms with E-state index < -0.39 is 11.4 Å². The summed E-state index contributed by atoms with van der Waals surface area (Å²) in [5.41, 5.74) is -0.418. The van der Waals surface area contributed by atoms with E-state index in [4.69, 9.17) is 9.72 Å². The molecule has 3 heterocycles. The molecule has 0 aromatic carbocycles. The third-order valence-corrected chi connectivity index (χ3v) is 5.33. The van der Waals surface area contributed by atoms with Crippen LogP contribution in [0.3, 0.4) is 0 Å². The highest BCUT2D eigenvalue weighted by molar-refractivity contribution is 5.82. The van der Waals surface area contributed by atoms with Crippen molar-refractivity contribution in [2.45, 2.75) is 25.7 Å². The quantitative estimate of drug-likeness (QED) is 0.775. The molecule has 0 aliphatic carbocycles. The fourth-order valence-corrected chi connectivity index (χ4v) is 3.46. The molecule has 1 aromatic heterocycles. The van der Waals surface area contributed by atoms with Crippen LogP contribution in [0.4, 0.5) is 11.8 Å². The van der Waals surface area contributed by atoms with E-state index in [9.17, 15) is 9.90 Å². The second kappa shape index (κ2) is 7.75. The Morgan fingerprint density at radius 2 is 2.12 bits per heavy atom. The molecule has 2 saturated heterocycles. The maximum atomic E-state index is 11.8. The summed E-state index contributed by atoms with van der Waals surface area (Å²) >= 11 is 0. The lowest BCUT2D eigenvalue weighted by Crippen LogP contribution is -2.40. The van der Waals surface area contributed by atoms with Gasteiger partial charge in [-0.25, -0.2) is 4.98 Å². The van der Waals surface area contributed by atoms with Crippen LogP contribution in [-0.2, 0) is 14.9 Å². The van der Waals surface area contributed by atoms with Crippen molar-refractivity contribution in [1.29, 1.82) is 0 Å². The monoisotopic (exact) mass is 363 g/mol. The maximum Gasteiger partial charge on any atom is 0.313 e. The Morgan fingerprint density at radius 3 is 2.73 bits per heavy atom. The van der Waals surface area contributed by atoms with Crippen molar-refractivity contribution in [2.75, 3.05) is 63.2 Å². The predicted octanol–water partition coefficient (Wildman–Crippen LogP) is 1.04. The number of likely N-dealkylation sites (tertiary alicyclic amines) is 1. The molecule has 0 saturated carbocycles. The van der Waals surface area contributed by atoms with Gasteiger partial charge in [-0.15, -0.1) is 0 Å². The van der Waals surface area contributed by atoms with Crippen LogP contribution in [0.25, 0.3) is 0 Å². The van der Waals surface area contributed by atoms with Crippen LogP contribution >= 0.6 is 0 Å². The molecule has 0 amide bonds. The maximum absolute atomic E-state index is 11.8. The van der Waals surface area contributed by atoms with Gasteiger partial charge in [0, 0.05) is 37.9 Å². The number of carboxylic acid groups (broad SMARTS) is 1. The Bertz CT molecular complexity index is 646. The summed E-state index contributed by atoms with van der Waals surface area (Å²) in [6, 6.07) is 0. The van der Waals surface area contributed by atoms with Crippen molar-refractivity contribution in [3.05, 3.63) is 11.8 Å². The Balaban J connectivity index is 1.82. The molecule has 3 rings (SSSR count). The third-order valence-electron chi connectivity index (χ3n) is 5.33. The summed E-state index contributed by atoms with van der Waals surface area (Å²) in [5, 5.41) is 13.0. The van der Waals surface area contributed by atoms with Crippen LogP contribution in [0, 0.1) is 5.92 Å². The summed E-state index contributed by atoms with van der Waals surface area (Å²) in [6.45, 7) is 9.06. The largest absolute Gasteiger partial charge is 0.481 e. The number of anilines is 2. The van der Waals surface area contributed by atoms with Crippen molar-refractivity contribution in [3.8, 4) is 0 Å². The van der Waals surface area contributed by atoms with Crippen molar-refractivity contribution in [3.63, 3.8) is 0 Å². The third kappa shape index (κ3) is 4.07. The van der Waals surface area contributed by atoms with Gasteiger partial charge in [-0.3, -0.25) is 4.79 Å². The standard InChI is InChI=1S/C18H29N5O3/c1-18(2,16(24)25)14-11-20-17(19-10-13-4-5-22(3)12-13)21-15(14)23-6-8-26-9-7-23/h11,13H,4-10,12H2,1-3H3,(H,24,25)(H,19,20,21). The lowest BCUT2D eigenvalue weighted by Gasteiger charge is -2.32. The fraction of sp³-hybridized carbons (Fsp3) is 0.722. The highest BCUT2D eigenvalue weighted by Crippen LogP contribution is 2.32. The number of nitrogens with one attached hydrogen (secondary N) is 1. The number of carboxylic acids is 1. The first-order chi connectivity index (χ1) is 12.4. The molecule has 0 bridgehead atoms. The molecule has 1 unspecified atom stereocenters. The first kappa shape index (κ1) is 18.8. The molecular weight excluding hydrogens is 334 g/mol. The molecule has 2 fully saturated rings. The summed E-state index contributed by atoms with van der Waals surface area (Å²) in [7, 11) is 2.13. The Hall–Kier alpha value is -1.93. The van der Waals surface area contributed by atoms with Crippen molar-refractivity contribution in [1.82, 2.24) is 14.9 Å². The molecule has 8 nitrogen and oxygen atoms in total. The minimum Gasteiger partial charge on any atom is -0.481 e. The van der Waals surface area contributed by atoms with Crippen LogP contribution in [-0.4, -0.2) is 78.9 Å². The lowest BCUT2D eigenvalue weighted by atomic mass is 9.85. The molecular formula is C18H29N5O3. The first-order valence-electron chi connectivity index (χ1n) is 9.24. The van der Waals surface area contributed by atoms with Crippen LogP contribution in [0.1, 0.15) is 25.8 Å². The highest BCUT2D eigenvalue weighted by atomic mass is 16.5. The average molecular weight is 363 g/mol. The van der Waals surface area contributed by atoms with Gasteiger partial charge >= 0.3 is 5.97 Å². The first-order valence-corrected chi connectivity index (χ1v) is 9.24. The molecule has 2 N–H and O–H groups in total. The predicted molar refractivity (Wildman–Crippen MR) is 99.8 cm³/mol. The van der Waals surface area contributed by atoms with Gasteiger partial charge in [0.15, 0.2) is 0 Å². The van der Waals surface area contributed by atoms with Gasteiger partial charge in [0.05, 0.1) is 18.6 Å². The Labute approximate surface area is 154 Å². The molecule has 8 heteroatoms. The average Bonchev–Trinajstić information content (AvgIpc) is 3.05. The smallest absolute Gasteiger partial charge is 0.313 e. The van der Waals surface area contributed by atoms with Crippen LogP contribution in [0.5, 0.6) is 0 Å². The van der Waals surface area contributed by atoms with E-state index >= 15 is 0 Å². The van der Waals surface area contributed by atoms with E-state index in [1.807, 2.05) is 0 Å². The molecule has 1 aromatic rings. The molecule has 26 heavy (non-hydrogen) atoms. The minimum absolute atomic E-state index is 0.561. The van der Waals surface area contributed by atoms with Crippen molar-refractivity contribution in [2.24, 2.45) is 5.92 Å². The second-order valence-electron chi connectivity index (χ2n) is 7.76. The van der Waals surface area contributed by atoms with Gasteiger partial charge in [-0.1, -0.05) is 0 Å². The zero-order chi connectivity index (χ0) is 18.7. The molecule has 1 atom stereocenters.